The Morgan fingerprint density at radius 1 is 1.00 bits per heavy atom. The van der Waals surface area contributed by atoms with Crippen molar-refractivity contribution in [1.82, 2.24) is 5.06 Å². The van der Waals surface area contributed by atoms with Gasteiger partial charge in [-0.1, -0.05) is 12.1 Å². The van der Waals surface area contributed by atoms with Crippen LogP contribution in [-0.4, -0.2) is 58.9 Å². The molecule has 12 heteroatoms. The van der Waals surface area contributed by atoms with Crippen LogP contribution >= 0.6 is 0 Å². The third-order valence-electron chi connectivity index (χ3n) is 4.83. The molecule has 0 saturated heterocycles. The molecule has 0 aliphatic heterocycles. The molecule has 0 heterocycles. The van der Waals surface area contributed by atoms with E-state index in [1.165, 1.54) is 37.3 Å². The van der Waals surface area contributed by atoms with E-state index in [9.17, 15) is 24.0 Å². The number of carboxylic acids is 1. The first-order chi connectivity index (χ1) is 18.0. The number of nitrogens with one attached hydrogen (secondary N) is 1. The third kappa shape index (κ3) is 9.22. The van der Waals surface area contributed by atoms with Crippen molar-refractivity contribution in [2.45, 2.75) is 26.7 Å². The van der Waals surface area contributed by atoms with E-state index in [1.807, 2.05) is 0 Å². The predicted octanol–water partition coefficient (Wildman–Crippen LogP) is 2.31. The van der Waals surface area contributed by atoms with E-state index in [2.05, 4.69) is 0 Å². The van der Waals surface area contributed by atoms with Crippen LogP contribution in [0, 0.1) is 5.41 Å². The molecule has 38 heavy (non-hydrogen) atoms. The number of benzene rings is 2. The Labute approximate surface area is 218 Å². The minimum atomic E-state index is -1.23. The van der Waals surface area contributed by atoms with Gasteiger partial charge in [0, 0.05) is 11.1 Å². The molecule has 2 aromatic rings. The van der Waals surface area contributed by atoms with Crippen molar-refractivity contribution in [2.24, 2.45) is 5.73 Å². The third-order valence-corrected chi connectivity index (χ3v) is 4.83. The van der Waals surface area contributed by atoms with Crippen LogP contribution in [-0.2, 0) is 28.8 Å². The number of hydroxylamine groups is 2. The number of hydrogen-bond acceptors (Lipinski definition) is 9. The lowest BCUT2D eigenvalue weighted by Gasteiger charge is -2.20. The van der Waals surface area contributed by atoms with Crippen molar-refractivity contribution in [3.05, 3.63) is 70.8 Å². The number of carbonyl (C=O) groups excluding carboxylic acids is 4. The maximum absolute atomic E-state index is 12.5. The number of esters is 2. The molecule has 0 aromatic heterocycles. The largest absolute Gasteiger partial charge is 0.481 e. The molecular weight excluding hydrogens is 498 g/mol. The van der Waals surface area contributed by atoms with Crippen molar-refractivity contribution >= 4 is 41.7 Å². The normalized spacial score (nSPS) is 10.7. The van der Waals surface area contributed by atoms with E-state index in [0.29, 0.717) is 16.2 Å². The van der Waals surface area contributed by atoms with Crippen molar-refractivity contribution < 1.29 is 43.4 Å². The fraction of sp³-hybridized carbons (Fsp3) is 0.231. The van der Waals surface area contributed by atoms with Gasteiger partial charge in [0.2, 0.25) is 0 Å². The molecule has 12 nitrogen and oxygen atoms in total. The van der Waals surface area contributed by atoms with Gasteiger partial charge in [0.05, 0.1) is 25.1 Å². The van der Waals surface area contributed by atoms with Crippen LogP contribution < -0.4 is 10.5 Å². The molecule has 2 aromatic carbocycles. The van der Waals surface area contributed by atoms with Crippen LogP contribution in [0.25, 0.3) is 6.08 Å². The number of carbonyl (C=O) groups is 5. The van der Waals surface area contributed by atoms with Crippen LogP contribution in [0.1, 0.15) is 48.2 Å². The second kappa shape index (κ2) is 13.9. The van der Waals surface area contributed by atoms with Crippen LogP contribution in [0.4, 0.5) is 0 Å². The molecule has 4 N–H and O–H groups in total. The summed E-state index contributed by atoms with van der Waals surface area (Å²) in [5, 5.41) is 16.8. The number of carboxylic acid groups (broad SMARTS) is 1. The average molecular weight is 526 g/mol. The highest BCUT2D eigenvalue weighted by Gasteiger charge is 2.23. The van der Waals surface area contributed by atoms with Gasteiger partial charge in [-0.05, 0) is 61.9 Å². The van der Waals surface area contributed by atoms with E-state index in [1.54, 1.807) is 31.2 Å². The Morgan fingerprint density at radius 3 is 2.16 bits per heavy atom. The molecular formula is C26H27N3O9. The minimum absolute atomic E-state index is 0.0492. The van der Waals surface area contributed by atoms with Gasteiger partial charge in [0.25, 0.3) is 5.91 Å². The van der Waals surface area contributed by atoms with Crippen molar-refractivity contribution in [3.63, 3.8) is 0 Å². The number of nitrogen functional groups attached to an aromatic ring is 1. The number of ether oxygens (including phenoxy) is 2. The molecule has 0 atom stereocenters. The molecule has 0 aliphatic carbocycles. The smallest absolute Gasteiger partial charge is 0.358 e. The second-order valence-corrected chi connectivity index (χ2v) is 7.78. The molecule has 0 radical (unpaired) electrons. The van der Waals surface area contributed by atoms with Gasteiger partial charge in [-0.25, -0.2) is 9.59 Å². The number of nitrogens with two attached hydrogens (primary N) is 1. The Morgan fingerprint density at radius 2 is 1.61 bits per heavy atom. The van der Waals surface area contributed by atoms with Crippen LogP contribution in [0.3, 0.4) is 0 Å². The fourth-order valence-corrected chi connectivity index (χ4v) is 2.91. The average Bonchev–Trinajstić information content (AvgIpc) is 2.86. The van der Waals surface area contributed by atoms with Crippen LogP contribution in [0.2, 0.25) is 0 Å². The molecule has 0 bridgehead atoms. The number of rotatable bonds is 11. The quantitative estimate of drug-likeness (QED) is 0.0747. The van der Waals surface area contributed by atoms with Gasteiger partial charge in [-0.15, -0.1) is 0 Å². The van der Waals surface area contributed by atoms with Crippen LogP contribution in [0.15, 0.2) is 54.1 Å². The lowest BCUT2D eigenvalue weighted by Crippen LogP contribution is -2.37. The zero-order valence-electron chi connectivity index (χ0n) is 20.8. The number of hydrogen-bond donors (Lipinski definition) is 3. The number of nitrogens with zero attached hydrogens (tertiary/aromatic N) is 1. The summed E-state index contributed by atoms with van der Waals surface area (Å²) in [4.78, 5) is 64.8. The van der Waals surface area contributed by atoms with E-state index >= 15 is 0 Å². The van der Waals surface area contributed by atoms with Gasteiger partial charge < -0.3 is 25.2 Å². The summed E-state index contributed by atoms with van der Waals surface area (Å²) >= 11 is 0. The highest BCUT2D eigenvalue weighted by Crippen LogP contribution is 2.16. The van der Waals surface area contributed by atoms with Gasteiger partial charge in [-0.3, -0.25) is 19.8 Å². The van der Waals surface area contributed by atoms with Gasteiger partial charge in [0.1, 0.15) is 18.0 Å². The zero-order chi connectivity index (χ0) is 28.2. The summed E-state index contributed by atoms with van der Waals surface area (Å²) in [6.45, 7) is 2.57. The fourth-order valence-electron chi connectivity index (χ4n) is 2.91. The first-order valence-electron chi connectivity index (χ1n) is 11.3. The maximum Gasteiger partial charge on any atom is 0.358 e. The molecule has 2 rings (SSSR count). The van der Waals surface area contributed by atoms with Gasteiger partial charge >= 0.3 is 23.9 Å². The van der Waals surface area contributed by atoms with E-state index in [-0.39, 0.29) is 29.3 Å². The summed E-state index contributed by atoms with van der Waals surface area (Å²) in [6, 6.07) is 12.2. The second-order valence-electron chi connectivity index (χ2n) is 7.78. The molecule has 0 aliphatic rings. The summed E-state index contributed by atoms with van der Waals surface area (Å²) in [6.07, 6.45) is 0.202. The number of aliphatic carboxylic acids is 1. The Balaban J connectivity index is 2.05. The van der Waals surface area contributed by atoms with Crippen LogP contribution in [0.5, 0.6) is 5.75 Å². The first kappa shape index (κ1) is 29.2. The van der Waals surface area contributed by atoms with Gasteiger partial charge in [0.15, 0.2) is 0 Å². The summed E-state index contributed by atoms with van der Waals surface area (Å²) in [5.41, 5.74) is 6.72. The SMILES string of the molecule is CCOC(=O)CC(=O)N(CCC(=O)O)OC(=O)C(C)=Cc1ccc(C(=O)Oc2ccc(C(=N)N)cc2)cc1. The number of amides is 1. The Hall–Kier alpha value is -5.00. The van der Waals surface area contributed by atoms with Crippen molar-refractivity contribution in [3.8, 4) is 5.75 Å². The monoisotopic (exact) mass is 525 g/mol. The standard InChI is InChI=1S/C26H27N3O9/c1-3-36-23(33)15-21(30)29(13-12-22(31)32)38-25(34)16(2)14-17-4-6-19(7-5-17)26(35)37-20-10-8-18(9-11-20)24(27)28/h4-11,14H,3,12-13,15H2,1-2H3,(H3,27,28)(H,31,32). The van der Waals surface area contributed by atoms with Crippen molar-refractivity contribution in [2.75, 3.05) is 13.2 Å². The summed E-state index contributed by atoms with van der Waals surface area (Å²) in [5.74, 6) is -4.40. The summed E-state index contributed by atoms with van der Waals surface area (Å²) < 4.78 is 9.98. The first-order valence-corrected chi connectivity index (χ1v) is 11.3. The molecule has 200 valence electrons. The molecule has 1 amide bonds. The molecule has 0 saturated carbocycles. The Bertz CT molecular complexity index is 1240. The van der Waals surface area contributed by atoms with Gasteiger partial charge in [-0.2, -0.15) is 5.06 Å². The number of amidine groups is 1. The van der Waals surface area contributed by atoms with E-state index in [4.69, 9.17) is 30.6 Å². The van der Waals surface area contributed by atoms with E-state index < -0.39 is 49.2 Å². The molecule has 0 fully saturated rings. The lowest BCUT2D eigenvalue weighted by atomic mass is 10.1. The summed E-state index contributed by atoms with van der Waals surface area (Å²) in [7, 11) is 0. The lowest BCUT2D eigenvalue weighted by molar-refractivity contribution is -0.196. The maximum atomic E-state index is 12.5. The Kier molecular flexibility index (Phi) is 10.7. The highest BCUT2D eigenvalue weighted by atomic mass is 16.7. The molecule has 0 unspecified atom stereocenters. The van der Waals surface area contributed by atoms with E-state index in [0.717, 1.165) is 0 Å². The predicted molar refractivity (Wildman–Crippen MR) is 134 cm³/mol. The minimum Gasteiger partial charge on any atom is -0.481 e. The molecule has 0 spiro atoms. The topological polar surface area (TPSA) is 186 Å². The zero-order valence-corrected chi connectivity index (χ0v) is 20.8. The van der Waals surface area contributed by atoms with Crippen molar-refractivity contribution in [1.29, 1.82) is 5.41 Å². The highest BCUT2D eigenvalue weighted by molar-refractivity contribution is 5.97.